The van der Waals surface area contributed by atoms with E-state index in [-0.39, 0.29) is 28.4 Å². The molecule has 3 fully saturated rings. The summed E-state index contributed by atoms with van der Waals surface area (Å²) in [6.07, 6.45) is 11.4. The summed E-state index contributed by atoms with van der Waals surface area (Å²) in [5.74, 6) is 3.69. The lowest BCUT2D eigenvalue weighted by Gasteiger charge is -2.59. The van der Waals surface area contributed by atoms with Crippen LogP contribution in [-0.4, -0.2) is 22.7 Å². The Labute approximate surface area is 143 Å². The van der Waals surface area contributed by atoms with Crippen LogP contribution in [0.15, 0.2) is 11.6 Å². The summed E-state index contributed by atoms with van der Waals surface area (Å²) in [5, 5.41) is 11.0. The second-order valence-electron chi connectivity index (χ2n) is 9.06. The van der Waals surface area contributed by atoms with E-state index in [2.05, 4.69) is 19.8 Å². The first-order valence-corrected chi connectivity index (χ1v) is 9.34. The third-order valence-electron chi connectivity index (χ3n) is 8.33. The Kier molecular flexibility index (Phi) is 3.37. The van der Waals surface area contributed by atoms with Crippen LogP contribution in [0.5, 0.6) is 0 Å². The van der Waals surface area contributed by atoms with Gasteiger partial charge in [-0.15, -0.1) is 6.42 Å². The van der Waals surface area contributed by atoms with Crippen LogP contribution in [0.4, 0.5) is 4.39 Å². The zero-order chi connectivity index (χ0) is 17.3. The fraction of sp³-hybridized carbons (Fsp3) is 0.762. The minimum atomic E-state index is -1.05. The molecule has 0 aliphatic heterocycles. The molecule has 0 unspecified atom stereocenters. The fourth-order valence-corrected chi connectivity index (χ4v) is 6.81. The van der Waals surface area contributed by atoms with E-state index in [4.69, 9.17) is 6.42 Å². The quantitative estimate of drug-likeness (QED) is 0.685. The van der Waals surface area contributed by atoms with Gasteiger partial charge in [-0.25, -0.2) is 4.39 Å². The SMILES string of the molecule is C#C[C@]1(O)CC[C@H]2[C@@H]3C[C@H](F)C4=CC(=O)CC[C@]4(C)[C@H]3CC[C@@]21C. The lowest BCUT2D eigenvalue weighted by atomic mass is 9.46. The molecule has 4 rings (SSSR count). The van der Waals surface area contributed by atoms with Crippen molar-refractivity contribution in [3.8, 4) is 12.3 Å². The summed E-state index contributed by atoms with van der Waals surface area (Å²) >= 11 is 0. The van der Waals surface area contributed by atoms with Gasteiger partial charge in [0.05, 0.1) is 0 Å². The molecule has 0 aromatic rings. The lowest BCUT2D eigenvalue weighted by molar-refractivity contribution is -0.121. The molecule has 24 heavy (non-hydrogen) atoms. The topological polar surface area (TPSA) is 37.3 Å². The molecular weight excluding hydrogens is 303 g/mol. The van der Waals surface area contributed by atoms with Crippen molar-refractivity contribution in [1.29, 1.82) is 0 Å². The molecule has 0 saturated heterocycles. The van der Waals surface area contributed by atoms with Crippen molar-refractivity contribution in [2.45, 2.75) is 70.6 Å². The highest BCUT2D eigenvalue weighted by Gasteiger charge is 2.64. The molecule has 0 spiro atoms. The van der Waals surface area contributed by atoms with Gasteiger partial charge in [0.15, 0.2) is 5.78 Å². The van der Waals surface area contributed by atoms with Gasteiger partial charge in [-0.05, 0) is 73.3 Å². The van der Waals surface area contributed by atoms with Crippen LogP contribution < -0.4 is 0 Å². The first-order chi connectivity index (χ1) is 11.2. The van der Waals surface area contributed by atoms with E-state index in [0.717, 1.165) is 31.3 Å². The number of hydrogen-bond acceptors (Lipinski definition) is 2. The van der Waals surface area contributed by atoms with Gasteiger partial charge < -0.3 is 5.11 Å². The number of alkyl halides is 1. The van der Waals surface area contributed by atoms with Crippen LogP contribution in [0.2, 0.25) is 0 Å². The molecule has 0 aromatic carbocycles. The Bertz CT molecular complexity index is 661. The van der Waals surface area contributed by atoms with Gasteiger partial charge in [-0.2, -0.15) is 0 Å². The third kappa shape index (κ3) is 1.84. The van der Waals surface area contributed by atoms with E-state index < -0.39 is 11.8 Å². The van der Waals surface area contributed by atoms with Crippen molar-refractivity contribution >= 4 is 5.78 Å². The largest absolute Gasteiger partial charge is 0.377 e. The zero-order valence-corrected chi connectivity index (χ0v) is 14.6. The molecule has 0 heterocycles. The number of rotatable bonds is 0. The predicted octanol–water partition coefficient (Wildman–Crippen LogP) is 3.83. The number of aliphatic hydroxyl groups is 1. The van der Waals surface area contributed by atoms with Crippen LogP contribution in [0.1, 0.15) is 58.8 Å². The molecule has 0 amide bonds. The highest BCUT2D eigenvalue weighted by atomic mass is 19.1. The summed E-state index contributed by atoms with van der Waals surface area (Å²) in [5.41, 5.74) is -0.804. The molecule has 2 nitrogen and oxygen atoms in total. The van der Waals surface area contributed by atoms with Gasteiger partial charge in [0.25, 0.3) is 0 Å². The van der Waals surface area contributed by atoms with E-state index in [1.807, 2.05) is 0 Å². The van der Waals surface area contributed by atoms with Crippen molar-refractivity contribution < 1.29 is 14.3 Å². The number of fused-ring (bicyclic) bond motifs is 5. The highest BCUT2D eigenvalue weighted by Crippen LogP contribution is 2.67. The van der Waals surface area contributed by atoms with E-state index in [0.29, 0.717) is 25.2 Å². The third-order valence-corrected chi connectivity index (χ3v) is 8.33. The van der Waals surface area contributed by atoms with Gasteiger partial charge in [0.1, 0.15) is 11.8 Å². The maximum atomic E-state index is 15.0. The number of terminal acetylenes is 1. The van der Waals surface area contributed by atoms with Gasteiger partial charge in [-0.3, -0.25) is 4.79 Å². The standard InChI is InChI=1S/C21H27FO2/c1-4-21(24)10-7-16-14-12-18(22)17-11-13(23)5-8-19(17,2)15(14)6-9-20(16,21)3/h1,11,14-16,18,24H,5-10,12H2,2-3H3/t14-,15+,16+,18+,19-,20+,21+/m1/s1. The van der Waals surface area contributed by atoms with E-state index in [1.165, 1.54) is 0 Å². The van der Waals surface area contributed by atoms with Gasteiger partial charge in [0.2, 0.25) is 0 Å². The Morgan fingerprint density at radius 3 is 2.67 bits per heavy atom. The number of carbonyl (C=O) groups is 1. The maximum absolute atomic E-state index is 15.0. The molecule has 0 bridgehead atoms. The summed E-state index contributed by atoms with van der Waals surface area (Å²) in [6, 6.07) is 0. The number of hydrogen-bond donors (Lipinski definition) is 1. The molecular formula is C21H27FO2. The van der Waals surface area contributed by atoms with Crippen LogP contribution in [0.3, 0.4) is 0 Å². The highest BCUT2D eigenvalue weighted by molar-refractivity contribution is 5.91. The van der Waals surface area contributed by atoms with Crippen molar-refractivity contribution in [2.24, 2.45) is 28.6 Å². The number of allylic oxidation sites excluding steroid dienone is 1. The van der Waals surface area contributed by atoms with E-state index in [9.17, 15) is 9.90 Å². The monoisotopic (exact) mass is 330 g/mol. The van der Waals surface area contributed by atoms with Gasteiger partial charge >= 0.3 is 0 Å². The Morgan fingerprint density at radius 1 is 1.25 bits per heavy atom. The van der Waals surface area contributed by atoms with Crippen LogP contribution in [0, 0.1) is 40.9 Å². The van der Waals surface area contributed by atoms with Crippen LogP contribution in [0.25, 0.3) is 0 Å². The fourth-order valence-electron chi connectivity index (χ4n) is 6.81. The summed E-state index contributed by atoms with van der Waals surface area (Å²) in [6.45, 7) is 4.28. The van der Waals surface area contributed by atoms with Crippen LogP contribution >= 0.6 is 0 Å². The first kappa shape index (κ1) is 16.3. The molecule has 130 valence electrons. The number of carbonyl (C=O) groups excluding carboxylic acids is 1. The molecule has 7 atom stereocenters. The second kappa shape index (κ2) is 4.94. The Morgan fingerprint density at radius 2 is 1.96 bits per heavy atom. The van der Waals surface area contributed by atoms with Gasteiger partial charge in [-0.1, -0.05) is 19.8 Å². The average molecular weight is 330 g/mol. The maximum Gasteiger partial charge on any atom is 0.155 e. The zero-order valence-electron chi connectivity index (χ0n) is 14.6. The van der Waals surface area contributed by atoms with Crippen molar-refractivity contribution in [2.75, 3.05) is 0 Å². The number of ketones is 1. The molecule has 0 aromatic heterocycles. The summed E-state index contributed by atoms with van der Waals surface area (Å²) in [4.78, 5) is 11.8. The van der Waals surface area contributed by atoms with E-state index in [1.54, 1.807) is 6.08 Å². The predicted molar refractivity (Wildman–Crippen MR) is 90.8 cm³/mol. The van der Waals surface area contributed by atoms with Crippen LogP contribution in [-0.2, 0) is 4.79 Å². The minimum absolute atomic E-state index is 0.0757. The molecule has 4 aliphatic carbocycles. The lowest BCUT2D eigenvalue weighted by Crippen LogP contribution is -2.56. The van der Waals surface area contributed by atoms with Crippen molar-refractivity contribution in [3.63, 3.8) is 0 Å². The smallest absolute Gasteiger partial charge is 0.155 e. The summed E-state index contributed by atoms with van der Waals surface area (Å²) < 4.78 is 15.0. The first-order valence-electron chi connectivity index (χ1n) is 9.34. The normalized spacial score (nSPS) is 53.5. The van der Waals surface area contributed by atoms with Crippen molar-refractivity contribution in [1.82, 2.24) is 0 Å². The molecule has 3 heteroatoms. The summed E-state index contributed by atoms with van der Waals surface area (Å²) in [7, 11) is 0. The Hall–Kier alpha value is -1.14. The Balaban J connectivity index is 1.74. The van der Waals surface area contributed by atoms with E-state index >= 15 is 4.39 Å². The number of halogens is 1. The van der Waals surface area contributed by atoms with Crippen molar-refractivity contribution in [3.05, 3.63) is 11.6 Å². The molecule has 3 saturated carbocycles. The molecule has 1 N–H and O–H groups in total. The molecule has 0 radical (unpaired) electrons. The average Bonchev–Trinajstić information content (AvgIpc) is 2.82. The second-order valence-corrected chi connectivity index (χ2v) is 9.06. The van der Waals surface area contributed by atoms with Gasteiger partial charge in [0, 0.05) is 11.8 Å². The molecule has 4 aliphatic rings. The minimum Gasteiger partial charge on any atom is -0.377 e.